The fourth-order valence-corrected chi connectivity index (χ4v) is 2.87. The number of rotatable bonds is 5. The Morgan fingerprint density at radius 1 is 1.25 bits per heavy atom. The van der Waals surface area contributed by atoms with Gasteiger partial charge < -0.3 is 15.4 Å². The molecule has 0 aliphatic carbocycles. The SMILES string of the molecule is CC(C)(CC[C@@H](N)c1ccccc1)OC(=O)N1CCCC(=O)CC1. The van der Waals surface area contributed by atoms with Crippen molar-refractivity contribution in [1.82, 2.24) is 4.90 Å². The topological polar surface area (TPSA) is 72.6 Å². The van der Waals surface area contributed by atoms with Crippen LogP contribution in [0.2, 0.25) is 0 Å². The van der Waals surface area contributed by atoms with Crippen LogP contribution in [-0.2, 0) is 9.53 Å². The second kappa shape index (κ2) is 8.29. The molecule has 1 fully saturated rings. The predicted molar refractivity (Wildman–Crippen MR) is 93.6 cm³/mol. The van der Waals surface area contributed by atoms with Gasteiger partial charge >= 0.3 is 6.09 Å². The van der Waals surface area contributed by atoms with E-state index in [1.807, 2.05) is 44.2 Å². The Kier molecular flexibility index (Phi) is 6.37. The van der Waals surface area contributed by atoms with E-state index in [1.165, 1.54) is 0 Å². The monoisotopic (exact) mass is 332 g/mol. The maximum atomic E-state index is 12.3. The summed E-state index contributed by atoms with van der Waals surface area (Å²) < 4.78 is 5.67. The minimum atomic E-state index is -0.584. The number of carbonyl (C=O) groups is 2. The van der Waals surface area contributed by atoms with E-state index >= 15 is 0 Å². The molecule has 2 N–H and O–H groups in total. The molecule has 0 spiro atoms. The van der Waals surface area contributed by atoms with Crippen molar-refractivity contribution in [2.45, 2.75) is 57.6 Å². The van der Waals surface area contributed by atoms with Gasteiger partial charge in [0.25, 0.3) is 0 Å². The third kappa shape index (κ3) is 5.64. The average molecular weight is 332 g/mol. The van der Waals surface area contributed by atoms with Crippen LogP contribution in [0.4, 0.5) is 4.79 Å². The molecule has 1 atom stereocenters. The quantitative estimate of drug-likeness (QED) is 0.896. The van der Waals surface area contributed by atoms with Crippen molar-refractivity contribution in [2.24, 2.45) is 5.73 Å². The third-order valence-corrected chi connectivity index (χ3v) is 4.45. The Hall–Kier alpha value is -1.88. The number of nitrogens with zero attached hydrogens (tertiary/aromatic N) is 1. The molecule has 0 bridgehead atoms. The van der Waals surface area contributed by atoms with Crippen LogP contribution < -0.4 is 5.73 Å². The molecule has 1 aliphatic heterocycles. The summed E-state index contributed by atoms with van der Waals surface area (Å²) in [7, 11) is 0. The van der Waals surface area contributed by atoms with Crippen molar-refractivity contribution in [3.05, 3.63) is 35.9 Å². The van der Waals surface area contributed by atoms with Crippen molar-refractivity contribution >= 4 is 11.9 Å². The fraction of sp³-hybridized carbons (Fsp3) is 0.579. The van der Waals surface area contributed by atoms with E-state index in [9.17, 15) is 9.59 Å². The molecular weight excluding hydrogens is 304 g/mol. The van der Waals surface area contributed by atoms with E-state index < -0.39 is 5.60 Å². The third-order valence-electron chi connectivity index (χ3n) is 4.45. The maximum Gasteiger partial charge on any atom is 0.410 e. The van der Waals surface area contributed by atoms with Gasteiger partial charge in [0.1, 0.15) is 11.4 Å². The number of carbonyl (C=O) groups excluding carboxylic acids is 2. The van der Waals surface area contributed by atoms with Gasteiger partial charge in [-0.2, -0.15) is 0 Å². The van der Waals surface area contributed by atoms with Gasteiger partial charge in [0.15, 0.2) is 0 Å². The molecule has 1 aliphatic rings. The van der Waals surface area contributed by atoms with Crippen molar-refractivity contribution in [1.29, 1.82) is 0 Å². The summed E-state index contributed by atoms with van der Waals surface area (Å²) in [5.74, 6) is 0.221. The minimum absolute atomic E-state index is 0.0695. The van der Waals surface area contributed by atoms with Crippen LogP contribution in [0.5, 0.6) is 0 Å². The lowest BCUT2D eigenvalue weighted by molar-refractivity contribution is -0.118. The Morgan fingerprint density at radius 2 is 1.96 bits per heavy atom. The summed E-state index contributed by atoms with van der Waals surface area (Å²) >= 11 is 0. The lowest BCUT2D eigenvalue weighted by Gasteiger charge is -2.30. The molecule has 1 heterocycles. The first-order valence-electron chi connectivity index (χ1n) is 8.67. The van der Waals surface area contributed by atoms with Crippen molar-refractivity contribution in [3.8, 4) is 0 Å². The number of likely N-dealkylation sites (tertiary alicyclic amines) is 1. The molecule has 5 heteroatoms. The summed E-state index contributed by atoms with van der Waals surface area (Å²) in [6, 6.07) is 9.87. The first-order valence-corrected chi connectivity index (χ1v) is 8.67. The summed E-state index contributed by atoms with van der Waals surface area (Å²) in [5, 5.41) is 0. The fourth-order valence-electron chi connectivity index (χ4n) is 2.87. The number of Topliss-reactive ketones (excluding diaryl/α,β-unsaturated/α-hetero) is 1. The summed E-state index contributed by atoms with van der Waals surface area (Å²) in [4.78, 5) is 25.4. The van der Waals surface area contributed by atoms with E-state index in [4.69, 9.17) is 10.5 Å². The smallest absolute Gasteiger partial charge is 0.410 e. The Labute approximate surface area is 144 Å². The van der Waals surface area contributed by atoms with Crippen LogP contribution in [-0.4, -0.2) is 35.5 Å². The normalized spacial score (nSPS) is 17.3. The van der Waals surface area contributed by atoms with E-state index in [1.54, 1.807) is 4.90 Å². The molecule has 1 amide bonds. The van der Waals surface area contributed by atoms with E-state index in [2.05, 4.69) is 0 Å². The number of ketones is 1. The van der Waals surface area contributed by atoms with E-state index in [-0.39, 0.29) is 17.9 Å². The highest BCUT2D eigenvalue weighted by Gasteiger charge is 2.28. The largest absolute Gasteiger partial charge is 0.443 e. The molecule has 0 aromatic heterocycles. The van der Waals surface area contributed by atoms with Gasteiger partial charge in [-0.05, 0) is 38.7 Å². The molecule has 1 aromatic carbocycles. The maximum absolute atomic E-state index is 12.3. The summed E-state index contributed by atoms with van der Waals surface area (Å²) in [6.45, 7) is 4.86. The lowest BCUT2D eigenvalue weighted by Crippen LogP contribution is -2.39. The summed E-state index contributed by atoms with van der Waals surface area (Å²) in [6.07, 6.45) is 2.79. The van der Waals surface area contributed by atoms with Crippen LogP contribution in [0.15, 0.2) is 30.3 Å². The van der Waals surface area contributed by atoms with Crippen molar-refractivity contribution in [3.63, 3.8) is 0 Å². The van der Waals surface area contributed by atoms with Crippen LogP contribution in [0.1, 0.15) is 57.6 Å². The molecular formula is C19H28N2O3. The highest BCUT2D eigenvalue weighted by Crippen LogP contribution is 2.24. The van der Waals surface area contributed by atoms with E-state index in [0.717, 1.165) is 12.0 Å². The second-order valence-corrected chi connectivity index (χ2v) is 7.06. The predicted octanol–water partition coefficient (Wildman–Crippen LogP) is 3.44. The molecule has 0 radical (unpaired) electrons. The molecule has 5 nitrogen and oxygen atoms in total. The van der Waals surface area contributed by atoms with Gasteiger partial charge in [0, 0.05) is 32.0 Å². The van der Waals surface area contributed by atoms with Gasteiger partial charge in [-0.1, -0.05) is 30.3 Å². The number of amides is 1. The Balaban J connectivity index is 1.83. The first kappa shape index (κ1) is 18.5. The number of nitrogens with two attached hydrogens (primary N) is 1. The number of hydrogen-bond donors (Lipinski definition) is 1. The minimum Gasteiger partial charge on any atom is -0.443 e. The molecule has 0 unspecified atom stereocenters. The molecule has 24 heavy (non-hydrogen) atoms. The van der Waals surface area contributed by atoms with Crippen LogP contribution in [0, 0.1) is 0 Å². The zero-order chi connectivity index (χ0) is 17.6. The van der Waals surface area contributed by atoms with E-state index in [0.29, 0.717) is 38.8 Å². The van der Waals surface area contributed by atoms with Crippen molar-refractivity contribution in [2.75, 3.05) is 13.1 Å². The molecule has 1 aromatic rings. The van der Waals surface area contributed by atoms with Gasteiger partial charge in [0.05, 0.1) is 0 Å². The van der Waals surface area contributed by atoms with Gasteiger partial charge in [0.2, 0.25) is 0 Å². The zero-order valence-electron chi connectivity index (χ0n) is 14.7. The number of benzene rings is 1. The van der Waals surface area contributed by atoms with Gasteiger partial charge in [-0.15, -0.1) is 0 Å². The summed E-state index contributed by atoms with van der Waals surface area (Å²) in [5.41, 5.74) is 6.73. The zero-order valence-corrected chi connectivity index (χ0v) is 14.7. The Morgan fingerprint density at radius 3 is 2.67 bits per heavy atom. The molecule has 132 valence electrons. The highest BCUT2D eigenvalue weighted by atomic mass is 16.6. The standard InChI is InChI=1S/C19H28N2O3/c1-19(2,12-10-17(20)15-7-4-3-5-8-15)24-18(23)21-13-6-9-16(22)11-14-21/h3-5,7-8,17H,6,9-14,20H2,1-2H3/t17-/m1/s1. The van der Waals surface area contributed by atoms with Crippen LogP contribution in [0.25, 0.3) is 0 Å². The number of hydrogen-bond acceptors (Lipinski definition) is 4. The average Bonchev–Trinajstić information content (AvgIpc) is 2.78. The van der Waals surface area contributed by atoms with Crippen molar-refractivity contribution < 1.29 is 14.3 Å². The molecule has 1 saturated heterocycles. The lowest BCUT2D eigenvalue weighted by atomic mass is 9.95. The molecule has 0 saturated carbocycles. The van der Waals surface area contributed by atoms with Gasteiger partial charge in [-0.3, -0.25) is 4.79 Å². The Bertz CT molecular complexity index is 557. The molecule has 2 rings (SSSR count). The van der Waals surface area contributed by atoms with Crippen LogP contribution >= 0.6 is 0 Å². The van der Waals surface area contributed by atoms with Crippen LogP contribution in [0.3, 0.4) is 0 Å². The van der Waals surface area contributed by atoms with Gasteiger partial charge in [-0.25, -0.2) is 4.79 Å². The first-order chi connectivity index (χ1) is 11.4. The number of ether oxygens (including phenoxy) is 1. The second-order valence-electron chi connectivity index (χ2n) is 7.06. The highest BCUT2D eigenvalue weighted by molar-refractivity contribution is 5.80.